The second-order valence-corrected chi connectivity index (χ2v) is 5.56. The van der Waals surface area contributed by atoms with E-state index in [1.807, 2.05) is 43.3 Å². The molecule has 5 nitrogen and oxygen atoms in total. The van der Waals surface area contributed by atoms with E-state index in [-0.39, 0.29) is 6.03 Å². The molecule has 0 spiro atoms. The molecule has 0 heterocycles. The molecule has 2 aromatic carbocycles. The van der Waals surface area contributed by atoms with E-state index in [2.05, 4.69) is 26.6 Å². The normalized spacial score (nSPS) is 10.0. The van der Waals surface area contributed by atoms with Crippen LogP contribution in [-0.4, -0.2) is 25.8 Å². The second-order valence-electron chi connectivity index (χ2n) is 4.64. The number of rotatable bonds is 7. The fourth-order valence-corrected chi connectivity index (χ4v) is 2.11. The van der Waals surface area contributed by atoms with Crippen molar-refractivity contribution >= 4 is 27.6 Å². The summed E-state index contributed by atoms with van der Waals surface area (Å²) in [5.74, 6) is 1.54. The Kier molecular flexibility index (Phi) is 6.75. The third-order valence-electron chi connectivity index (χ3n) is 2.89. The van der Waals surface area contributed by atoms with Gasteiger partial charge in [-0.05, 0) is 55.5 Å². The lowest BCUT2D eigenvalue weighted by Crippen LogP contribution is -2.32. The zero-order chi connectivity index (χ0) is 16.5. The molecule has 0 saturated heterocycles. The molecular weight excluding hydrogens is 360 g/mol. The van der Waals surface area contributed by atoms with Gasteiger partial charge in [0, 0.05) is 10.2 Å². The van der Waals surface area contributed by atoms with E-state index in [0.29, 0.717) is 25.4 Å². The van der Waals surface area contributed by atoms with Gasteiger partial charge in [-0.1, -0.05) is 15.9 Å². The van der Waals surface area contributed by atoms with E-state index in [1.165, 1.54) is 0 Å². The van der Waals surface area contributed by atoms with Crippen molar-refractivity contribution in [2.45, 2.75) is 6.92 Å². The average Bonchev–Trinajstić information content (AvgIpc) is 2.55. The van der Waals surface area contributed by atoms with Crippen molar-refractivity contribution in [1.82, 2.24) is 5.32 Å². The Balaban J connectivity index is 1.67. The van der Waals surface area contributed by atoms with Crippen LogP contribution in [-0.2, 0) is 0 Å². The Morgan fingerprint density at radius 1 is 1.00 bits per heavy atom. The van der Waals surface area contributed by atoms with Crippen LogP contribution in [0.15, 0.2) is 53.0 Å². The molecule has 0 fully saturated rings. The number of carbonyl (C=O) groups is 1. The Bertz CT molecular complexity index is 615. The summed E-state index contributed by atoms with van der Waals surface area (Å²) in [6.45, 7) is 3.36. The second kappa shape index (κ2) is 9.05. The molecule has 2 N–H and O–H groups in total. The first-order chi connectivity index (χ1) is 11.2. The van der Waals surface area contributed by atoms with Crippen molar-refractivity contribution in [1.29, 1.82) is 0 Å². The van der Waals surface area contributed by atoms with Crippen molar-refractivity contribution in [2.24, 2.45) is 0 Å². The summed E-state index contributed by atoms with van der Waals surface area (Å²) in [5, 5.41) is 5.49. The zero-order valence-electron chi connectivity index (χ0n) is 12.8. The third-order valence-corrected chi connectivity index (χ3v) is 3.42. The maximum Gasteiger partial charge on any atom is 0.319 e. The summed E-state index contributed by atoms with van der Waals surface area (Å²) in [5.41, 5.74) is 0.708. The Hall–Kier alpha value is -2.21. The molecule has 122 valence electrons. The number of urea groups is 1. The maximum atomic E-state index is 11.8. The summed E-state index contributed by atoms with van der Waals surface area (Å²) in [7, 11) is 0. The summed E-state index contributed by atoms with van der Waals surface area (Å²) < 4.78 is 11.9. The fourth-order valence-electron chi connectivity index (χ4n) is 1.84. The highest BCUT2D eigenvalue weighted by atomic mass is 79.9. The fraction of sp³-hybridized carbons (Fsp3) is 0.235. The molecule has 0 aromatic heterocycles. The minimum Gasteiger partial charge on any atom is -0.494 e. The molecule has 23 heavy (non-hydrogen) atoms. The average molecular weight is 379 g/mol. The van der Waals surface area contributed by atoms with Crippen molar-refractivity contribution in [3.63, 3.8) is 0 Å². The van der Waals surface area contributed by atoms with Gasteiger partial charge >= 0.3 is 6.03 Å². The standard InChI is InChI=1S/C17H19BrN2O3/c1-2-22-15-9-5-14(6-10-15)20-17(21)19-11-12-23-16-7-3-13(18)4-8-16/h3-10H,2,11-12H2,1H3,(H2,19,20,21). The Labute approximate surface area is 144 Å². The molecule has 0 aliphatic carbocycles. The number of halogens is 1. The highest BCUT2D eigenvalue weighted by Gasteiger charge is 2.02. The highest BCUT2D eigenvalue weighted by Crippen LogP contribution is 2.16. The minimum atomic E-state index is -0.270. The van der Waals surface area contributed by atoms with Crippen LogP contribution in [0.2, 0.25) is 0 Å². The zero-order valence-corrected chi connectivity index (χ0v) is 14.4. The van der Waals surface area contributed by atoms with Crippen LogP contribution in [0.4, 0.5) is 10.5 Å². The molecular formula is C17H19BrN2O3. The number of nitrogens with one attached hydrogen (secondary N) is 2. The molecule has 0 radical (unpaired) electrons. The topological polar surface area (TPSA) is 59.6 Å². The van der Waals surface area contributed by atoms with Crippen molar-refractivity contribution in [3.8, 4) is 11.5 Å². The summed E-state index contributed by atoms with van der Waals surface area (Å²) >= 11 is 3.36. The summed E-state index contributed by atoms with van der Waals surface area (Å²) in [6.07, 6.45) is 0. The third kappa shape index (κ3) is 6.20. The number of carbonyl (C=O) groups excluding carboxylic acids is 1. The van der Waals surface area contributed by atoms with Gasteiger partial charge in [0.15, 0.2) is 0 Å². The smallest absolute Gasteiger partial charge is 0.319 e. The van der Waals surface area contributed by atoms with Gasteiger partial charge in [0.2, 0.25) is 0 Å². The van der Waals surface area contributed by atoms with E-state index in [1.54, 1.807) is 12.1 Å². The molecule has 2 aromatic rings. The lowest BCUT2D eigenvalue weighted by molar-refractivity contribution is 0.247. The highest BCUT2D eigenvalue weighted by molar-refractivity contribution is 9.10. The van der Waals surface area contributed by atoms with Gasteiger partial charge in [-0.3, -0.25) is 0 Å². The first kappa shape index (κ1) is 17.1. The number of anilines is 1. The van der Waals surface area contributed by atoms with E-state index in [0.717, 1.165) is 16.0 Å². The SMILES string of the molecule is CCOc1ccc(NC(=O)NCCOc2ccc(Br)cc2)cc1. The van der Waals surface area contributed by atoms with Gasteiger partial charge in [0.25, 0.3) is 0 Å². The molecule has 0 unspecified atom stereocenters. The van der Waals surface area contributed by atoms with Crippen LogP contribution in [0.3, 0.4) is 0 Å². The predicted molar refractivity (Wildman–Crippen MR) is 94.3 cm³/mol. The van der Waals surface area contributed by atoms with E-state index in [9.17, 15) is 4.79 Å². The molecule has 0 atom stereocenters. The quantitative estimate of drug-likeness (QED) is 0.714. The van der Waals surface area contributed by atoms with Gasteiger partial charge in [-0.15, -0.1) is 0 Å². The van der Waals surface area contributed by atoms with Crippen molar-refractivity contribution in [2.75, 3.05) is 25.1 Å². The summed E-state index contributed by atoms with van der Waals surface area (Å²) in [6, 6.07) is 14.5. The van der Waals surface area contributed by atoms with Crippen LogP contribution in [0.5, 0.6) is 11.5 Å². The first-order valence-electron chi connectivity index (χ1n) is 7.33. The first-order valence-corrected chi connectivity index (χ1v) is 8.13. The van der Waals surface area contributed by atoms with E-state index in [4.69, 9.17) is 9.47 Å². The molecule has 2 rings (SSSR count). The largest absolute Gasteiger partial charge is 0.494 e. The molecule has 6 heteroatoms. The Morgan fingerprint density at radius 3 is 2.26 bits per heavy atom. The molecule has 0 bridgehead atoms. The van der Waals surface area contributed by atoms with Crippen LogP contribution >= 0.6 is 15.9 Å². The number of hydrogen-bond donors (Lipinski definition) is 2. The van der Waals surface area contributed by atoms with Gasteiger partial charge in [0.05, 0.1) is 13.2 Å². The van der Waals surface area contributed by atoms with Crippen molar-refractivity contribution < 1.29 is 14.3 Å². The number of benzene rings is 2. The molecule has 2 amide bonds. The van der Waals surface area contributed by atoms with Gasteiger partial charge in [0.1, 0.15) is 18.1 Å². The lowest BCUT2D eigenvalue weighted by Gasteiger charge is -2.10. The van der Waals surface area contributed by atoms with Crippen LogP contribution < -0.4 is 20.1 Å². The van der Waals surface area contributed by atoms with Gasteiger partial charge in [-0.2, -0.15) is 0 Å². The summed E-state index contributed by atoms with van der Waals surface area (Å²) in [4.78, 5) is 11.8. The van der Waals surface area contributed by atoms with Gasteiger partial charge < -0.3 is 20.1 Å². The van der Waals surface area contributed by atoms with Crippen LogP contribution in [0, 0.1) is 0 Å². The van der Waals surface area contributed by atoms with E-state index >= 15 is 0 Å². The van der Waals surface area contributed by atoms with Crippen molar-refractivity contribution in [3.05, 3.63) is 53.0 Å². The number of amides is 2. The number of ether oxygens (including phenoxy) is 2. The minimum absolute atomic E-state index is 0.270. The van der Waals surface area contributed by atoms with E-state index < -0.39 is 0 Å². The van der Waals surface area contributed by atoms with Crippen LogP contribution in [0.1, 0.15) is 6.92 Å². The molecule has 0 aliphatic heterocycles. The predicted octanol–water partition coefficient (Wildman–Crippen LogP) is 4.05. The van der Waals surface area contributed by atoms with Crippen LogP contribution in [0.25, 0.3) is 0 Å². The Morgan fingerprint density at radius 2 is 1.61 bits per heavy atom. The van der Waals surface area contributed by atoms with Gasteiger partial charge in [-0.25, -0.2) is 4.79 Å². The monoisotopic (exact) mass is 378 g/mol. The maximum absolute atomic E-state index is 11.8. The lowest BCUT2D eigenvalue weighted by atomic mass is 10.3. The number of hydrogen-bond acceptors (Lipinski definition) is 3. The molecule has 0 saturated carbocycles. The molecule has 0 aliphatic rings.